The molecule has 138 valence electrons. The average Bonchev–Trinajstić information content (AvgIpc) is 2.67. The summed E-state index contributed by atoms with van der Waals surface area (Å²) >= 11 is 0. The number of rotatable bonds is 7. The Morgan fingerprint density at radius 3 is 2.37 bits per heavy atom. The van der Waals surface area contributed by atoms with Gasteiger partial charge in [-0.2, -0.15) is 0 Å². The van der Waals surface area contributed by atoms with E-state index in [4.69, 9.17) is 4.74 Å². The van der Waals surface area contributed by atoms with E-state index in [9.17, 15) is 4.79 Å². The van der Waals surface area contributed by atoms with Gasteiger partial charge in [0.15, 0.2) is 11.6 Å². The molecule has 0 aliphatic rings. The van der Waals surface area contributed by atoms with Crippen molar-refractivity contribution in [3.05, 3.63) is 71.8 Å². The van der Waals surface area contributed by atoms with Crippen molar-refractivity contribution in [2.75, 3.05) is 17.2 Å². The van der Waals surface area contributed by atoms with Crippen LogP contribution in [0.1, 0.15) is 17.5 Å². The van der Waals surface area contributed by atoms with Crippen molar-refractivity contribution in [2.45, 2.75) is 20.3 Å². The van der Waals surface area contributed by atoms with Gasteiger partial charge in [-0.1, -0.05) is 24.3 Å². The van der Waals surface area contributed by atoms with Crippen LogP contribution in [-0.4, -0.2) is 22.7 Å². The molecule has 1 aromatic heterocycles. The number of amides is 1. The van der Waals surface area contributed by atoms with E-state index in [1.807, 2.05) is 36.4 Å². The maximum Gasteiger partial charge on any atom is 0.229 e. The molecule has 6 heteroatoms. The Morgan fingerprint density at radius 1 is 0.926 bits per heavy atom. The van der Waals surface area contributed by atoms with E-state index in [1.165, 1.54) is 11.1 Å². The summed E-state index contributed by atoms with van der Waals surface area (Å²) in [5.41, 5.74) is 3.39. The van der Waals surface area contributed by atoms with Gasteiger partial charge in [-0.15, -0.1) is 10.2 Å². The van der Waals surface area contributed by atoms with Crippen LogP contribution in [0, 0.1) is 13.8 Å². The molecule has 0 unspecified atom stereocenters. The number of carbonyl (C=O) groups is 1. The number of hydrogen-bond donors (Lipinski definition) is 2. The zero-order valence-electron chi connectivity index (χ0n) is 15.4. The zero-order chi connectivity index (χ0) is 19.1. The number of anilines is 3. The smallest absolute Gasteiger partial charge is 0.229 e. The minimum atomic E-state index is -0.171. The Bertz CT molecular complexity index is 896. The highest BCUT2D eigenvalue weighted by atomic mass is 16.5. The second kappa shape index (κ2) is 8.80. The number of carbonyl (C=O) groups excluding carboxylic acids is 1. The molecule has 0 saturated carbocycles. The molecule has 0 aliphatic carbocycles. The molecule has 0 spiro atoms. The van der Waals surface area contributed by atoms with Crippen LogP contribution >= 0.6 is 0 Å². The number of aryl methyl sites for hydroxylation is 2. The van der Waals surface area contributed by atoms with Crippen LogP contribution in [0.5, 0.6) is 5.75 Å². The van der Waals surface area contributed by atoms with Crippen molar-refractivity contribution in [3.63, 3.8) is 0 Å². The molecule has 2 N–H and O–H groups in total. The zero-order valence-corrected chi connectivity index (χ0v) is 15.4. The maximum atomic E-state index is 12.0. The Hall–Kier alpha value is -3.41. The van der Waals surface area contributed by atoms with Crippen LogP contribution < -0.4 is 15.4 Å². The molecule has 6 nitrogen and oxygen atoms in total. The standard InChI is InChI=1S/C21H22N4O2/c1-15-8-9-17(14-16(15)2)22-19-10-11-20(25-24-19)23-21(26)12-13-27-18-6-4-3-5-7-18/h3-11,14H,12-13H2,1-2H3,(H,22,24)(H,23,25,26). The Kier molecular flexibility index (Phi) is 5.99. The van der Waals surface area contributed by atoms with Gasteiger partial charge < -0.3 is 15.4 Å². The lowest BCUT2D eigenvalue weighted by molar-refractivity contribution is -0.116. The largest absolute Gasteiger partial charge is 0.493 e. The fraction of sp³-hybridized carbons (Fsp3) is 0.190. The Balaban J connectivity index is 1.48. The lowest BCUT2D eigenvalue weighted by atomic mass is 10.1. The van der Waals surface area contributed by atoms with Crippen molar-refractivity contribution in [2.24, 2.45) is 0 Å². The highest BCUT2D eigenvalue weighted by Gasteiger charge is 2.05. The van der Waals surface area contributed by atoms with E-state index in [-0.39, 0.29) is 12.3 Å². The molecule has 1 amide bonds. The Labute approximate surface area is 158 Å². The first-order valence-electron chi connectivity index (χ1n) is 8.76. The number of benzene rings is 2. The molecular weight excluding hydrogens is 340 g/mol. The van der Waals surface area contributed by atoms with Gasteiger partial charge in [0.2, 0.25) is 5.91 Å². The van der Waals surface area contributed by atoms with Crippen LogP contribution in [0.4, 0.5) is 17.3 Å². The van der Waals surface area contributed by atoms with Crippen LogP contribution in [-0.2, 0) is 4.79 Å². The highest BCUT2D eigenvalue weighted by molar-refractivity contribution is 5.89. The summed E-state index contributed by atoms with van der Waals surface area (Å²) in [6, 6.07) is 19.0. The number of para-hydroxylation sites is 1. The molecule has 0 aliphatic heterocycles. The van der Waals surface area contributed by atoms with E-state index in [1.54, 1.807) is 12.1 Å². The van der Waals surface area contributed by atoms with Gasteiger partial charge >= 0.3 is 0 Å². The first-order chi connectivity index (χ1) is 13.1. The summed E-state index contributed by atoms with van der Waals surface area (Å²) in [5.74, 6) is 1.59. The van der Waals surface area contributed by atoms with E-state index in [0.717, 1.165) is 11.4 Å². The molecule has 3 aromatic rings. The van der Waals surface area contributed by atoms with Crippen molar-refractivity contribution in [1.29, 1.82) is 0 Å². The van der Waals surface area contributed by atoms with Crippen molar-refractivity contribution < 1.29 is 9.53 Å². The summed E-state index contributed by atoms with van der Waals surface area (Å²) < 4.78 is 5.51. The second-order valence-electron chi connectivity index (χ2n) is 6.19. The van der Waals surface area contributed by atoms with E-state index in [0.29, 0.717) is 18.2 Å². The Morgan fingerprint density at radius 2 is 1.67 bits per heavy atom. The highest BCUT2D eigenvalue weighted by Crippen LogP contribution is 2.18. The van der Waals surface area contributed by atoms with Crippen LogP contribution in [0.15, 0.2) is 60.7 Å². The number of nitrogens with one attached hydrogen (secondary N) is 2. The van der Waals surface area contributed by atoms with Crippen LogP contribution in [0.25, 0.3) is 0 Å². The molecule has 3 rings (SSSR count). The second-order valence-corrected chi connectivity index (χ2v) is 6.19. The van der Waals surface area contributed by atoms with Crippen molar-refractivity contribution >= 4 is 23.2 Å². The average molecular weight is 362 g/mol. The SMILES string of the molecule is Cc1ccc(Nc2ccc(NC(=O)CCOc3ccccc3)nn2)cc1C. The fourth-order valence-corrected chi connectivity index (χ4v) is 2.42. The quantitative estimate of drug-likeness (QED) is 0.657. The fourth-order valence-electron chi connectivity index (χ4n) is 2.42. The molecule has 0 atom stereocenters. The molecular formula is C21H22N4O2. The molecule has 2 aromatic carbocycles. The van der Waals surface area contributed by atoms with E-state index >= 15 is 0 Å². The van der Waals surface area contributed by atoms with E-state index < -0.39 is 0 Å². The lowest BCUT2D eigenvalue weighted by Crippen LogP contribution is -2.16. The van der Waals surface area contributed by atoms with Crippen LogP contribution in [0.3, 0.4) is 0 Å². The lowest BCUT2D eigenvalue weighted by Gasteiger charge is -2.09. The number of aromatic nitrogens is 2. The van der Waals surface area contributed by atoms with Crippen LogP contribution in [0.2, 0.25) is 0 Å². The third kappa shape index (κ3) is 5.54. The van der Waals surface area contributed by atoms with Crippen molar-refractivity contribution in [1.82, 2.24) is 10.2 Å². The number of ether oxygens (including phenoxy) is 1. The minimum Gasteiger partial charge on any atom is -0.493 e. The molecule has 0 fully saturated rings. The normalized spacial score (nSPS) is 10.3. The van der Waals surface area contributed by atoms with Gasteiger partial charge in [0.1, 0.15) is 5.75 Å². The first-order valence-corrected chi connectivity index (χ1v) is 8.76. The maximum absolute atomic E-state index is 12.0. The van der Waals surface area contributed by atoms with Gasteiger partial charge in [0.25, 0.3) is 0 Å². The number of nitrogens with zero attached hydrogens (tertiary/aromatic N) is 2. The first kappa shape index (κ1) is 18.4. The summed E-state index contributed by atoms with van der Waals surface area (Å²) in [6.45, 7) is 4.43. The van der Waals surface area contributed by atoms with Gasteiger partial charge in [-0.05, 0) is 61.4 Å². The molecule has 0 radical (unpaired) electrons. The predicted molar refractivity (Wildman–Crippen MR) is 106 cm³/mol. The van der Waals surface area contributed by atoms with E-state index in [2.05, 4.69) is 46.8 Å². The minimum absolute atomic E-state index is 0.171. The molecule has 0 bridgehead atoms. The summed E-state index contributed by atoms with van der Waals surface area (Å²) in [7, 11) is 0. The molecule has 1 heterocycles. The van der Waals surface area contributed by atoms with Gasteiger partial charge in [0.05, 0.1) is 13.0 Å². The molecule has 0 saturated heterocycles. The van der Waals surface area contributed by atoms with Gasteiger partial charge in [-0.25, -0.2) is 0 Å². The predicted octanol–water partition coefficient (Wildman–Crippen LogP) is 4.24. The van der Waals surface area contributed by atoms with Gasteiger partial charge in [-0.3, -0.25) is 4.79 Å². The summed E-state index contributed by atoms with van der Waals surface area (Å²) in [6.07, 6.45) is 0.235. The monoisotopic (exact) mass is 362 g/mol. The van der Waals surface area contributed by atoms with Gasteiger partial charge in [0, 0.05) is 5.69 Å². The molecule has 27 heavy (non-hydrogen) atoms. The summed E-state index contributed by atoms with van der Waals surface area (Å²) in [4.78, 5) is 12.0. The topological polar surface area (TPSA) is 76.1 Å². The number of hydrogen-bond acceptors (Lipinski definition) is 5. The third-order valence-corrected chi connectivity index (χ3v) is 4.05. The van der Waals surface area contributed by atoms with Crippen molar-refractivity contribution in [3.8, 4) is 5.75 Å². The summed E-state index contributed by atoms with van der Waals surface area (Å²) in [5, 5.41) is 14.0. The third-order valence-electron chi connectivity index (χ3n) is 4.05.